The minimum Gasteiger partial charge on any atom is -0.297 e. The Morgan fingerprint density at radius 2 is 1.79 bits per heavy atom. The van der Waals surface area contributed by atoms with Crippen molar-refractivity contribution in [2.24, 2.45) is 11.0 Å². The molecule has 0 atom stereocenters. The molecule has 0 unspecified atom stereocenters. The maximum atomic E-state index is 4.48. The van der Waals surface area contributed by atoms with Gasteiger partial charge in [0.15, 0.2) is 0 Å². The molecule has 0 radical (unpaired) electrons. The highest BCUT2D eigenvalue weighted by molar-refractivity contribution is 5.59. The molecule has 0 aromatic carbocycles. The second kappa shape index (κ2) is 4.30. The molecule has 3 heteroatoms. The Labute approximate surface area is 86.8 Å². The fourth-order valence-electron chi connectivity index (χ4n) is 1.86. The maximum Gasteiger partial charge on any atom is 0.0488 e. The quantitative estimate of drug-likeness (QED) is 0.634. The van der Waals surface area contributed by atoms with Crippen LogP contribution in [0.3, 0.4) is 0 Å². The van der Waals surface area contributed by atoms with Crippen molar-refractivity contribution in [3.05, 3.63) is 0 Å². The molecule has 1 aliphatic heterocycles. The summed E-state index contributed by atoms with van der Waals surface area (Å²) in [5.41, 5.74) is 0. The van der Waals surface area contributed by atoms with Gasteiger partial charge in [-0.1, -0.05) is 13.8 Å². The summed E-state index contributed by atoms with van der Waals surface area (Å²) in [4.78, 5) is 2.61. The summed E-state index contributed by atoms with van der Waals surface area (Å²) in [5, 5.41) is 6.69. The molecule has 0 aromatic heterocycles. The fourth-order valence-corrected chi connectivity index (χ4v) is 1.86. The number of piperazine rings is 1. The van der Waals surface area contributed by atoms with Crippen molar-refractivity contribution in [1.29, 1.82) is 0 Å². The first-order valence-electron chi connectivity index (χ1n) is 5.79. The predicted octanol–water partition coefficient (Wildman–Crippen LogP) is 1.41. The van der Waals surface area contributed by atoms with Crippen LogP contribution >= 0.6 is 0 Å². The van der Waals surface area contributed by atoms with E-state index >= 15 is 0 Å². The Hall–Kier alpha value is -0.570. The lowest BCUT2D eigenvalue weighted by atomic mass is 10.2. The van der Waals surface area contributed by atoms with E-state index in [4.69, 9.17) is 0 Å². The topological polar surface area (TPSA) is 18.8 Å². The van der Waals surface area contributed by atoms with E-state index in [1.165, 1.54) is 25.9 Å². The van der Waals surface area contributed by atoms with Crippen LogP contribution in [0.2, 0.25) is 0 Å². The molecular formula is C11H21N3. The number of hydrogen-bond donors (Lipinski definition) is 0. The summed E-state index contributed by atoms with van der Waals surface area (Å²) in [5.74, 6) is 0.566. The van der Waals surface area contributed by atoms with Crippen LogP contribution in [0.1, 0.15) is 26.7 Å². The summed E-state index contributed by atoms with van der Waals surface area (Å²) in [7, 11) is 0. The average Bonchev–Trinajstić information content (AvgIpc) is 2.99. The van der Waals surface area contributed by atoms with E-state index in [2.05, 4.69) is 28.9 Å². The Morgan fingerprint density at radius 3 is 2.29 bits per heavy atom. The highest BCUT2D eigenvalue weighted by atomic mass is 15.5. The zero-order valence-electron chi connectivity index (χ0n) is 9.32. The van der Waals surface area contributed by atoms with Gasteiger partial charge in [-0.05, 0) is 18.8 Å². The van der Waals surface area contributed by atoms with E-state index in [1.807, 2.05) is 6.21 Å². The Morgan fingerprint density at radius 1 is 1.14 bits per heavy atom. The van der Waals surface area contributed by atoms with Gasteiger partial charge >= 0.3 is 0 Å². The lowest BCUT2D eigenvalue weighted by Crippen LogP contribution is -2.45. The van der Waals surface area contributed by atoms with Crippen LogP contribution in [0.15, 0.2) is 5.10 Å². The molecule has 2 rings (SSSR count). The van der Waals surface area contributed by atoms with Crippen LogP contribution in [0, 0.1) is 5.92 Å². The SMILES string of the molecule is CC(C)/C=N/N1CCN(C2CC2)CC1. The highest BCUT2D eigenvalue weighted by Gasteiger charge is 2.30. The molecule has 1 heterocycles. The van der Waals surface area contributed by atoms with Gasteiger partial charge in [0.1, 0.15) is 0 Å². The molecule has 1 aliphatic carbocycles. The highest BCUT2D eigenvalue weighted by Crippen LogP contribution is 2.27. The number of nitrogens with zero attached hydrogens (tertiary/aromatic N) is 3. The van der Waals surface area contributed by atoms with Crippen LogP contribution < -0.4 is 0 Å². The molecule has 0 amide bonds. The molecule has 80 valence electrons. The van der Waals surface area contributed by atoms with Gasteiger partial charge in [0.05, 0.1) is 0 Å². The van der Waals surface area contributed by atoms with Crippen LogP contribution in [0.4, 0.5) is 0 Å². The molecular weight excluding hydrogens is 174 g/mol. The van der Waals surface area contributed by atoms with Crippen LogP contribution in [-0.2, 0) is 0 Å². The van der Waals surface area contributed by atoms with Crippen molar-refractivity contribution in [2.45, 2.75) is 32.7 Å². The van der Waals surface area contributed by atoms with Crippen molar-refractivity contribution in [3.63, 3.8) is 0 Å². The summed E-state index contributed by atoms with van der Waals surface area (Å²) >= 11 is 0. The summed E-state index contributed by atoms with van der Waals surface area (Å²) in [6, 6.07) is 0.922. The molecule has 3 nitrogen and oxygen atoms in total. The smallest absolute Gasteiger partial charge is 0.0488 e. The first-order chi connectivity index (χ1) is 6.75. The van der Waals surface area contributed by atoms with Crippen molar-refractivity contribution in [1.82, 2.24) is 9.91 Å². The van der Waals surface area contributed by atoms with Gasteiger partial charge < -0.3 is 0 Å². The van der Waals surface area contributed by atoms with Crippen molar-refractivity contribution in [2.75, 3.05) is 26.2 Å². The van der Waals surface area contributed by atoms with E-state index in [-0.39, 0.29) is 0 Å². The number of rotatable bonds is 3. The van der Waals surface area contributed by atoms with Crippen LogP contribution in [-0.4, -0.2) is 48.3 Å². The largest absolute Gasteiger partial charge is 0.297 e. The molecule has 1 saturated heterocycles. The number of hydrazone groups is 1. The Kier molecular flexibility index (Phi) is 3.06. The van der Waals surface area contributed by atoms with Gasteiger partial charge in [0, 0.05) is 38.4 Å². The lowest BCUT2D eigenvalue weighted by molar-refractivity contribution is 0.130. The molecule has 0 bridgehead atoms. The third-order valence-electron chi connectivity index (χ3n) is 2.88. The molecule has 1 saturated carbocycles. The van der Waals surface area contributed by atoms with Crippen molar-refractivity contribution >= 4 is 6.21 Å². The lowest BCUT2D eigenvalue weighted by Gasteiger charge is -2.33. The monoisotopic (exact) mass is 195 g/mol. The van der Waals surface area contributed by atoms with E-state index < -0.39 is 0 Å². The zero-order valence-corrected chi connectivity index (χ0v) is 9.32. The predicted molar refractivity (Wildman–Crippen MR) is 59.5 cm³/mol. The summed E-state index contributed by atoms with van der Waals surface area (Å²) < 4.78 is 0. The van der Waals surface area contributed by atoms with Gasteiger partial charge in [-0.25, -0.2) is 0 Å². The minimum absolute atomic E-state index is 0.566. The molecule has 14 heavy (non-hydrogen) atoms. The molecule has 0 N–H and O–H groups in total. The number of hydrogen-bond acceptors (Lipinski definition) is 3. The maximum absolute atomic E-state index is 4.48. The Bertz CT molecular complexity index is 201. The van der Waals surface area contributed by atoms with Gasteiger partial charge in [0.25, 0.3) is 0 Å². The first-order valence-corrected chi connectivity index (χ1v) is 5.79. The molecule has 0 spiro atoms. The van der Waals surface area contributed by atoms with Gasteiger partial charge in [-0.15, -0.1) is 0 Å². The zero-order chi connectivity index (χ0) is 9.97. The normalized spacial score (nSPS) is 25.2. The van der Waals surface area contributed by atoms with Crippen LogP contribution in [0.25, 0.3) is 0 Å². The summed E-state index contributed by atoms with van der Waals surface area (Å²) in [6.07, 6.45) is 4.90. The van der Waals surface area contributed by atoms with E-state index in [0.29, 0.717) is 5.92 Å². The third kappa shape index (κ3) is 2.71. The second-order valence-corrected chi connectivity index (χ2v) is 4.73. The van der Waals surface area contributed by atoms with E-state index in [0.717, 1.165) is 19.1 Å². The minimum atomic E-state index is 0.566. The fraction of sp³-hybridized carbons (Fsp3) is 0.909. The van der Waals surface area contributed by atoms with Gasteiger partial charge in [-0.3, -0.25) is 9.91 Å². The average molecular weight is 195 g/mol. The van der Waals surface area contributed by atoms with E-state index in [9.17, 15) is 0 Å². The Balaban J connectivity index is 1.72. The second-order valence-electron chi connectivity index (χ2n) is 4.73. The van der Waals surface area contributed by atoms with Gasteiger partial charge in [-0.2, -0.15) is 5.10 Å². The van der Waals surface area contributed by atoms with Gasteiger partial charge in [0.2, 0.25) is 0 Å². The van der Waals surface area contributed by atoms with Crippen molar-refractivity contribution < 1.29 is 0 Å². The van der Waals surface area contributed by atoms with Crippen molar-refractivity contribution in [3.8, 4) is 0 Å². The first kappa shape index (κ1) is 9.97. The standard InChI is InChI=1S/C11H21N3/c1-10(2)9-12-14-7-5-13(6-8-14)11-3-4-11/h9-11H,3-8H2,1-2H3/b12-9+. The third-order valence-corrected chi connectivity index (χ3v) is 2.88. The molecule has 2 aliphatic rings. The molecule has 0 aromatic rings. The summed E-state index contributed by atoms with van der Waals surface area (Å²) in [6.45, 7) is 8.98. The van der Waals surface area contributed by atoms with E-state index in [1.54, 1.807) is 0 Å². The van der Waals surface area contributed by atoms with Crippen LogP contribution in [0.5, 0.6) is 0 Å². The molecule has 2 fully saturated rings.